The molecule has 1 aromatic heterocycles. The Kier molecular flexibility index (Phi) is 6.05. The summed E-state index contributed by atoms with van der Waals surface area (Å²) in [5.41, 5.74) is 1.67. The number of aromatic nitrogens is 1. The fourth-order valence-electron chi connectivity index (χ4n) is 3.20. The number of rotatable bonds is 6. The van der Waals surface area contributed by atoms with Crippen LogP contribution in [0.2, 0.25) is 0 Å². The predicted octanol–water partition coefficient (Wildman–Crippen LogP) is 3.96. The molecule has 1 fully saturated rings. The second-order valence-corrected chi connectivity index (χ2v) is 6.55. The first kappa shape index (κ1) is 19.3. The molecule has 0 saturated carbocycles. The minimum absolute atomic E-state index is 0.0264. The van der Waals surface area contributed by atoms with Crippen LogP contribution in [0.5, 0.6) is 5.75 Å². The largest absolute Gasteiger partial charge is 0.433 e. The Morgan fingerprint density at radius 2 is 1.96 bits per heavy atom. The standard InChI is InChI=1S/C19H22F3N3O2/c1-12(24-18-5-3-15(11-23-18)27-19(21)22)16-10-13(20)2-4-17(16)25-8-6-14(26)7-9-25/h2-5,10-12,14,19,26H,6-9H2,1H3,(H,23,24). The molecule has 0 spiro atoms. The van der Waals surface area contributed by atoms with E-state index in [0.29, 0.717) is 31.7 Å². The molecule has 1 aromatic carbocycles. The molecule has 1 aliphatic rings. The molecule has 0 radical (unpaired) electrons. The van der Waals surface area contributed by atoms with Gasteiger partial charge in [-0.15, -0.1) is 0 Å². The van der Waals surface area contributed by atoms with Crippen LogP contribution in [0.4, 0.5) is 24.7 Å². The third-order valence-electron chi connectivity index (χ3n) is 4.59. The third kappa shape index (κ3) is 5.03. The minimum atomic E-state index is -2.90. The lowest BCUT2D eigenvalue weighted by Crippen LogP contribution is -2.36. The molecule has 2 aromatic rings. The summed E-state index contributed by atoms with van der Waals surface area (Å²) >= 11 is 0. The Morgan fingerprint density at radius 3 is 2.59 bits per heavy atom. The molecule has 1 unspecified atom stereocenters. The number of anilines is 2. The first-order chi connectivity index (χ1) is 12.9. The monoisotopic (exact) mass is 381 g/mol. The van der Waals surface area contributed by atoms with E-state index >= 15 is 0 Å². The van der Waals surface area contributed by atoms with E-state index in [9.17, 15) is 18.3 Å². The van der Waals surface area contributed by atoms with Crippen LogP contribution in [0.1, 0.15) is 31.4 Å². The molecule has 1 atom stereocenters. The zero-order valence-electron chi connectivity index (χ0n) is 14.9. The van der Waals surface area contributed by atoms with Crippen LogP contribution in [0.15, 0.2) is 36.5 Å². The van der Waals surface area contributed by atoms with E-state index in [1.807, 2.05) is 6.92 Å². The number of ether oxygens (including phenoxy) is 1. The number of aliphatic hydroxyl groups is 1. The van der Waals surface area contributed by atoms with E-state index in [0.717, 1.165) is 11.3 Å². The third-order valence-corrected chi connectivity index (χ3v) is 4.59. The number of hydrogen-bond donors (Lipinski definition) is 2. The summed E-state index contributed by atoms with van der Waals surface area (Å²) in [6, 6.07) is 7.31. The van der Waals surface area contributed by atoms with Gasteiger partial charge in [-0.05, 0) is 50.1 Å². The number of nitrogens with zero attached hydrogens (tertiary/aromatic N) is 2. The molecule has 2 heterocycles. The summed E-state index contributed by atoms with van der Waals surface area (Å²) in [6.07, 6.45) is 2.26. The van der Waals surface area contributed by atoms with E-state index in [1.165, 1.54) is 30.5 Å². The van der Waals surface area contributed by atoms with Gasteiger partial charge in [-0.3, -0.25) is 0 Å². The number of pyridine rings is 1. The Bertz CT molecular complexity index is 750. The van der Waals surface area contributed by atoms with Crippen molar-refractivity contribution in [3.63, 3.8) is 0 Å². The second-order valence-electron chi connectivity index (χ2n) is 6.55. The quantitative estimate of drug-likeness (QED) is 0.793. The van der Waals surface area contributed by atoms with Crippen LogP contribution >= 0.6 is 0 Å². The van der Waals surface area contributed by atoms with Crippen molar-refractivity contribution < 1.29 is 23.0 Å². The summed E-state index contributed by atoms with van der Waals surface area (Å²) in [5.74, 6) is 0.100. The normalized spacial score (nSPS) is 16.4. The zero-order chi connectivity index (χ0) is 19.4. The van der Waals surface area contributed by atoms with Gasteiger partial charge in [0.05, 0.1) is 18.3 Å². The molecular weight excluding hydrogens is 359 g/mol. The molecule has 0 aliphatic carbocycles. The molecule has 27 heavy (non-hydrogen) atoms. The predicted molar refractivity (Wildman–Crippen MR) is 96.8 cm³/mol. The van der Waals surface area contributed by atoms with Crippen molar-refractivity contribution in [3.05, 3.63) is 47.9 Å². The highest BCUT2D eigenvalue weighted by atomic mass is 19.3. The van der Waals surface area contributed by atoms with Crippen molar-refractivity contribution in [1.82, 2.24) is 4.98 Å². The van der Waals surface area contributed by atoms with Crippen LogP contribution in [0.3, 0.4) is 0 Å². The molecule has 2 N–H and O–H groups in total. The van der Waals surface area contributed by atoms with Crippen molar-refractivity contribution >= 4 is 11.5 Å². The highest BCUT2D eigenvalue weighted by Crippen LogP contribution is 2.31. The fraction of sp³-hybridized carbons (Fsp3) is 0.421. The highest BCUT2D eigenvalue weighted by molar-refractivity contribution is 5.57. The number of aliphatic hydroxyl groups excluding tert-OH is 1. The number of benzene rings is 1. The fourth-order valence-corrected chi connectivity index (χ4v) is 3.20. The first-order valence-corrected chi connectivity index (χ1v) is 8.82. The Hall–Kier alpha value is -2.48. The van der Waals surface area contributed by atoms with Crippen molar-refractivity contribution in [2.24, 2.45) is 0 Å². The average molecular weight is 381 g/mol. The van der Waals surface area contributed by atoms with Crippen molar-refractivity contribution in [1.29, 1.82) is 0 Å². The molecule has 5 nitrogen and oxygen atoms in total. The van der Waals surface area contributed by atoms with Gasteiger partial charge in [0.25, 0.3) is 0 Å². The summed E-state index contributed by atoms with van der Waals surface area (Å²) in [6.45, 7) is 0.374. The maximum Gasteiger partial charge on any atom is 0.387 e. The van der Waals surface area contributed by atoms with Gasteiger partial charge in [-0.1, -0.05) is 0 Å². The van der Waals surface area contributed by atoms with Crippen molar-refractivity contribution in [2.75, 3.05) is 23.3 Å². The van der Waals surface area contributed by atoms with Gasteiger partial charge in [-0.2, -0.15) is 8.78 Å². The molecule has 0 bridgehead atoms. The molecule has 146 valence electrons. The van der Waals surface area contributed by atoms with Crippen LogP contribution in [0, 0.1) is 5.82 Å². The number of halogens is 3. The zero-order valence-corrected chi connectivity index (χ0v) is 14.9. The second kappa shape index (κ2) is 8.47. The lowest BCUT2D eigenvalue weighted by molar-refractivity contribution is -0.0500. The molecule has 0 amide bonds. The maximum atomic E-state index is 13.9. The van der Waals surface area contributed by atoms with Gasteiger partial charge in [0.2, 0.25) is 0 Å². The summed E-state index contributed by atoms with van der Waals surface area (Å²) in [5, 5.41) is 12.9. The smallest absolute Gasteiger partial charge is 0.387 e. The van der Waals surface area contributed by atoms with Crippen LogP contribution < -0.4 is 15.0 Å². The van der Waals surface area contributed by atoms with Crippen molar-refractivity contribution in [2.45, 2.75) is 38.5 Å². The summed E-state index contributed by atoms with van der Waals surface area (Å²) in [4.78, 5) is 6.19. The number of hydrogen-bond acceptors (Lipinski definition) is 5. The number of piperidine rings is 1. The van der Waals surface area contributed by atoms with E-state index in [1.54, 1.807) is 6.07 Å². The number of alkyl halides is 2. The average Bonchev–Trinajstić information content (AvgIpc) is 2.64. The topological polar surface area (TPSA) is 57.6 Å². The molecular formula is C19H22F3N3O2. The minimum Gasteiger partial charge on any atom is -0.433 e. The van der Waals surface area contributed by atoms with Crippen LogP contribution in [0.25, 0.3) is 0 Å². The molecule has 1 aliphatic heterocycles. The van der Waals surface area contributed by atoms with Gasteiger partial charge in [-0.25, -0.2) is 9.37 Å². The first-order valence-electron chi connectivity index (χ1n) is 8.82. The lowest BCUT2D eigenvalue weighted by Gasteiger charge is -2.34. The van der Waals surface area contributed by atoms with E-state index in [2.05, 4.69) is 19.9 Å². The van der Waals surface area contributed by atoms with Gasteiger partial charge >= 0.3 is 6.61 Å². The Morgan fingerprint density at radius 1 is 1.22 bits per heavy atom. The Labute approximate surface area is 155 Å². The van der Waals surface area contributed by atoms with Gasteiger partial charge in [0, 0.05) is 24.3 Å². The molecule has 3 rings (SSSR count). The maximum absolute atomic E-state index is 13.9. The van der Waals surface area contributed by atoms with Crippen LogP contribution in [-0.4, -0.2) is 35.9 Å². The van der Waals surface area contributed by atoms with E-state index in [4.69, 9.17) is 0 Å². The summed E-state index contributed by atoms with van der Waals surface area (Å²) in [7, 11) is 0. The molecule has 1 saturated heterocycles. The van der Waals surface area contributed by atoms with Gasteiger partial charge in [0.1, 0.15) is 17.4 Å². The lowest BCUT2D eigenvalue weighted by atomic mass is 10.0. The highest BCUT2D eigenvalue weighted by Gasteiger charge is 2.22. The summed E-state index contributed by atoms with van der Waals surface area (Å²) < 4.78 is 42.6. The van der Waals surface area contributed by atoms with E-state index in [-0.39, 0.29) is 23.7 Å². The van der Waals surface area contributed by atoms with Crippen molar-refractivity contribution in [3.8, 4) is 5.75 Å². The molecule has 8 heteroatoms. The SMILES string of the molecule is CC(Nc1ccc(OC(F)F)cn1)c1cc(F)ccc1N1CCC(O)CC1. The Balaban J connectivity index is 1.75. The van der Waals surface area contributed by atoms with Crippen LogP contribution in [-0.2, 0) is 0 Å². The van der Waals surface area contributed by atoms with E-state index < -0.39 is 6.61 Å². The van der Waals surface area contributed by atoms with Gasteiger partial charge in [0.15, 0.2) is 0 Å². The van der Waals surface area contributed by atoms with Gasteiger partial charge < -0.3 is 20.1 Å². The number of nitrogens with one attached hydrogen (secondary N) is 1.